The lowest BCUT2D eigenvalue weighted by Crippen LogP contribution is -2.44. The van der Waals surface area contributed by atoms with Gasteiger partial charge in [-0.3, -0.25) is 19.0 Å². The van der Waals surface area contributed by atoms with E-state index in [1.165, 1.54) is 4.90 Å². The van der Waals surface area contributed by atoms with Gasteiger partial charge in [-0.15, -0.1) is 0 Å². The van der Waals surface area contributed by atoms with Crippen LogP contribution < -0.4 is 16.2 Å². The molecule has 0 fully saturated rings. The van der Waals surface area contributed by atoms with Gasteiger partial charge in [-0.05, 0) is 44.0 Å². The Morgan fingerprint density at radius 2 is 1.80 bits per heavy atom. The molecule has 0 unspecified atom stereocenters. The first-order valence-corrected chi connectivity index (χ1v) is 9.10. The van der Waals surface area contributed by atoms with Crippen molar-refractivity contribution in [1.29, 1.82) is 0 Å². The predicted molar refractivity (Wildman–Crippen MR) is 104 cm³/mol. The molecule has 0 bridgehead atoms. The fourth-order valence-corrected chi connectivity index (χ4v) is 3.23. The van der Waals surface area contributed by atoms with Crippen molar-refractivity contribution in [2.45, 2.75) is 39.0 Å². The number of rotatable bonds is 7. The molecule has 7 nitrogen and oxygen atoms in total. The zero-order chi connectivity index (χ0) is 22.6. The average Bonchev–Trinajstić information content (AvgIpc) is 2.63. The molecule has 0 atom stereocenters. The quantitative estimate of drug-likeness (QED) is 0.707. The van der Waals surface area contributed by atoms with Crippen LogP contribution in [0.5, 0.6) is 0 Å². The summed E-state index contributed by atoms with van der Waals surface area (Å²) in [5, 5.41) is 9.15. The molecule has 10 heteroatoms. The maximum Gasteiger partial charge on any atom is 0.431 e. The van der Waals surface area contributed by atoms with Crippen molar-refractivity contribution in [2.24, 2.45) is 5.73 Å². The number of aliphatic hydroxyl groups excluding tert-OH is 1. The molecule has 0 saturated carbocycles. The molecule has 2 aromatic rings. The second kappa shape index (κ2) is 9.12. The summed E-state index contributed by atoms with van der Waals surface area (Å²) in [5.41, 5.74) is 1.70. The predicted octanol–water partition coefficient (Wildman–Crippen LogP) is 1.94. The SMILES string of the molecule is CC(C)N(C(=O)Cn1c(C(F)(F)F)c(CCO)cc(C(N)=O)c1=O)c1ccccc1. The zero-order valence-electron chi connectivity index (χ0n) is 16.4. The Kier molecular flexibility index (Phi) is 7.04. The fourth-order valence-electron chi connectivity index (χ4n) is 3.23. The van der Waals surface area contributed by atoms with Crippen LogP contribution in [0.4, 0.5) is 18.9 Å². The third-order valence-electron chi connectivity index (χ3n) is 4.40. The van der Waals surface area contributed by atoms with Crippen LogP contribution in [0.3, 0.4) is 0 Å². The molecular weight excluding hydrogens is 403 g/mol. The van der Waals surface area contributed by atoms with Crippen LogP contribution in [-0.2, 0) is 23.9 Å². The largest absolute Gasteiger partial charge is 0.431 e. The van der Waals surface area contributed by atoms with E-state index in [1.807, 2.05) is 0 Å². The van der Waals surface area contributed by atoms with E-state index in [1.54, 1.807) is 44.2 Å². The van der Waals surface area contributed by atoms with Crippen molar-refractivity contribution in [3.05, 3.63) is 63.6 Å². The minimum Gasteiger partial charge on any atom is -0.396 e. The fraction of sp³-hybridized carbons (Fsp3) is 0.350. The van der Waals surface area contributed by atoms with Crippen molar-refractivity contribution in [3.8, 4) is 0 Å². The highest BCUT2D eigenvalue weighted by atomic mass is 19.4. The van der Waals surface area contributed by atoms with Crippen LogP contribution in [0, 0.1) is 0 Å². The molecular formula is C20H22F3N3O4. The summed E-state index contributed by atoms with van der Waals surface area (Å²) in [4.78, 5) is 38.5. The van der Waals surface area contributed by atoms with Gasteiger partial charge in [-0.2, -0.15) is 13.2 Å². The molecule has 1 aromatic carbocycles. The number of hydrogen-bond acceptors (Lipinski definition) is 4. The molecule has 0 saturated heterocycles. The molecule has 0 spiro atoms. The van der Waals surface area contributed by atoms with Gasteiger partial charge in [0, 0.05) is 18.3 Å². The molecule has 0 aliphatic heterocycles. The first kappa shape index (κ1) is 23.1. The van der Waals surface area contributed by atoms with E-state index < -0.39 is 66.0 Å². The first-order chi connectivity index (χ1) is 14.0. The molecule has 1 aromatic heterocycles. The summed E-state index contributed by atoms with van der Waals surface area (Å²) in [6.45, 7) is 1.74. The standard InChI is InChI=1S/C20H22F3N3O4/c1-12(2)26(14-6-4-3-5-7-14)16(28)11-25-17(20(21,22)23)13(8-9-27)10-15(18(24)29)19(25)30/h3-7,10,12,27H,8-9,11H2,1-2H3,(H2,24,29). The van der Waals surface area contributed by atoms with Crippen LogP contribution in [-0.4, -0.2) is 34.1 Å². The van der Waals surface area contributed by atoms with E-state index in [0.717, 1.165) is 6.07 Å². The molecule has 30 heavy (non-hydrogen) atoms. The molecule has 2 rings (SSSR count). The highest BCUT2D eigenvalue weighted by Gasteiger charge is 2.39. The van der Waals surface area contributed by atoms with Crippen molar-refractivity contribution in [1.82, 2.24) is 4.57 Å². The topological polar surface area (TPSA) is 106 Å². The second-order valence-corrected chi connectivity index (χ2v) is 6.85. The number of primary amides is 1. The minimum absolute atomic E-state index is 0.214. The van der Waals surface area contributed by atoms with Gasteiger partial charge < -0.3 is 15.7 Å². The Bertz CT molecular complexity index is 985. The van der Waals surface area contributed by atoms with Gasteiger partial charge in [0.05, 0.1) is 0 Å². The van der Waals surface area contributed by atoms with Crippen molar-refractivity contribution in [2.75, 3.05) is 11.5 Å². The number of carbonyl (C=O) groups is 2. The van der Waals surface area contributed by atoms with Crippen molar-refractivity contribution in [3.63, 3.8) is 0 Å². The molecule has 0 aliphatic carbocycles. The zero-order valence-corrected chi connectivity index (χ0v) is 16.4. The molecule has 2 amide bonds. The normalized spacial score (nSPS) is 11.6. The monoisotopic (exact) mass is 425 g/mol. The molecule has 162 valence electrons. The van der Waals surface area contributed by atoms with Crippen LogP contribution in [0.2, 0.25) is 0 Å². The van der Waals surface area contributed by atoms with E-state index in [2.05, 4.69) is 0 Å². The van der Waals surface area contributed by atoms with Gasteiger partial charge in [-0.25, -0.2) is 0 Å². The Morgan fingerprint density at radius 1 is 1.20 bits per heavy atom. The van der Waals surface area contributed by atoms with E-state index >= 15 is 0 Å². The number of aliphatic hydroxyl groups is 1. The Morgan fingerprint density at radius 3 is 2.27 bits per heavy atom. The van der Waals surface area contributed by atoms with Gasteiger partial charge in [0.1, 0.15) is 17.8 Å². The minimum atomic E-state index is -5.00. The lowest BCUT2D eigenvalue weighted by Gasteiger charge is -2.28. The summed E-state index contributed by atoms with van der Waals surface area (Å²) in [6, 6.07) is 8.58. The number of anilines is 1. The lowest BCUT2D eigenvalue weighted by atomic mass is 10.1. The van der Waals surface area contributed by atoms with E-state index in [4.69, 9.17) is 10.8 Å². The number of para-hydroxylation sites is 1. The average molecular weight is 425 g/mol. The highest BCUT2D eigenvalue weighted by molar-refractivity contribution is 5.94. The number of carbonyl (C=O) groups excluding carboxylic acids is 2. The number of benzene rings is 1. The van der Waals surface area contributed by atoms with Crippen LogP contribution >= 0.6 is 0 Å². The van der Waals surface area contributed by atoms with E-state index in [0.29, 0.717) is 5.69 Å². The van der Waals surface area contributed by atoms with E-state index in [9.17, 15) is 27.6 Å². The summed E-state index contributed by atoms with van der Waals surface area (Å²) in [6.07, 6.45) is -5.48. The number of alkyl halides is 3. The maximum atomic E-state index is 13.8. The van der Waals surface area contributed by atoms with Gasteiger partial charge >= 0.3 is 6.18 Å². The molecule has 0 radical (unpaired) electrons. The van der Waals surface area contributed by atoms with Crippen molar-refractivity contribution < 1.29 is 27.9 Å². The summed E-state index contributed by atoms with van der Waals surface area (Å²) < 4.78 is 41.6. The van der Waals surface area contributed by atoms with Gasteiger partial charge in [0.15, 0.2) is 0 Å². The second-order valence-electron chi connectivity index (χ2n) is 6.85. The van der Waals surface area contributed by atoms with E-state index in [-0.39, 0.29) is 4.57 Å². The van der Waals surface area contributed by atoms with Gasteiger partial charge in [0.25, 0.3) is 11.5 Å². The first-order valence-electron chi connectivity index (χ1n) is 9.10. The Balaban J connectivity index is 2.68. The summed E-state index contributed by atoms with van der Waals surface area (Å²) in [5.74, 6) is -2.00. The molecule has 0 aliphatic rings. The number of aromatic nitrogens is 1. The smallest absolute Gasteiger partial charge is 0.396 e. The maximum absolute atomic E-state index is 13.8. The van der Waals surface area contributed by atoms with Crippen molar-refractivity contribution >= 4 is 17.5 Å². The van der Waals surface area contributed by atoms with Gasteiger partial charge in [-0.1, -0.05) is 18.2 Å². The lowest BCUT2D eigenvalue weighted by molar-refractivity contribution is -0.145. The number of nitrogens with two attached hydrogens (primary N) is 1. The Labute approximate surface area is 170 Å². The third kappa shape index (κ3) is 4.88. The van der Waals surface area contributed by atoms with Crippen LogP contribution in [0.25, 0.3) is 0 Å². The summed E-state index contributed by atoms with van der Waals surface area (Å²) >= 11 is 0. The molecule has 3 N–H and O–H groups in total. The van der Waals surface area contributed by atoms with Gasteiger partial charge in [0.2, 0.25) is 5.91 Å². The molecule has 1 heterocycles. The van der Waals surface area contributed by atoms with Crippen LogP contribution in [0.15, 0.2) is 41.2 Å². The number of pyridine rings is 1. The van der Waals surface area contributed by atoms with Crippen LogP contribution in [0.1, 0.15) is 35.5 Å². The number of halogens is 3. The highest BCUT2D eigenvalue weighted by Crippen LogP contribution is 2.32. The third-order valence-corrected chi connectivity index (χ3v) is 4.40. The number of hydrogen-bond donors (Lipinski definition) is 2. The number of nitrogens with zero attached hydrogens (tertiary/aromatic N) is 2. The summed E-state index contributed by atoms with van der Waals surface area (Å²) in [7, 11) is 0. The Hall–Kier alpha value is -3.14. The number of amides is 2.